The van der Waals surface area contributed by atoms with E-state index in [2.05, 4.69) is 16.2 Å². The van der Waals surface area contributed by atoms with Gasteiger partial charge in [0.2, 0.25) is 0 Å². The molecular formula is C18H14ClN3O. The molecule has 0 atom stereocenters. The molecule has 1 heterocycles. The van der Waals surface area contributed by atoms with E-state index >= 15 is 0 Å². The molecular weight excluding hydrogens is 310 g/mol. The van der Waals surface area contributed by atoms with E-state index in [4.69, 9.17) is 18.0 Å². The van der Waals surface area contributed by atoms with Crippen LogP contribution in [0.1, 0.15) is 16.2 Å². The van der Waals surface area contributed by atoms with Crippen molar-refractivity contribution < 1.29 is 4.79 Å². The Labute approximate surface area is 139 Å². The second-order valence-corrected chi connectivity index (χ2v) is 5.38. The molecule has 1 amide bonds. The van der Waals surface area contributed by atoms with Gasteiger partial charge in [-0.05, 0) is 24.3 Å². The lowest BCUT2D eigenvalue weighted by molar-refractivity contribution is 0.0949. The Morgan fingerprint density at radius 1 is 1.22 bits per heavy atom. The third-order valence-corrected chi connectivity index (χ3v) is 3.84. The smallest absolute Gasteiger partial charge is 0.253 e. The van der Waals surface area contributed by atoms with Gasteiger partial charge in [-0.2, -0.15) is 0 Å². The highest BCUT2D eigenvalue weighted by atomic mass is 35.5. The molecule has 0 spiro atoms. The fourth-order valence-electron chi connectivity index (χ4n) is 2.43. The quantitative estimate of drug-likeness (QED) is 0.749. The van der Waals surface area contributed by atoms with Crippen molar-refractivity contribution in [2.75, 3.05) is 0 Å². The topological polar surface area (TPSA) is 46.9 Å². The highest BCUT2D eigenvalue weighted by Crippen LogP contribution is 2.17. The van der Waals surface area contributed by atoms with Gasteiger partial charge >= 0.3 is 0 Å². The third-order valence-electron chi connectivity index (χ3n) is 3.51. The van der Waals surface area contributed by atoms with Crippen LogP contribution >= 0.6 is 11.6 Å². The Balaban J connectivity index is 1.85. The van der Waals surface area contributed by atoms with Crippen molar-refractivity contribution >= 4 is 28.5 Å². The highest BCUT2D eigenvalue weighted by Gasteiger charge is 2.13. The number of terminal acetylenes is 1. The van der Waals surface area contributed by atoms with Gasteiger partial charge in [0.05, 0.1) is 34.7 Å². The lowest BCUT2D eigenvalue weighted by Gasteiger charge is -2.08. The van der Waals surface area contributed by atoms with Gasteiger partial charge in [-0.1, -0.05) is 41.8 Å². The maximum Gasteiger partial charge on any atom is 0.253 e. The number of imidazole rings is 1. The van der Waals surface area contributed by atoms with Crippen molar-refractivity contribution in [1.29, 1.82) is 0 Å². The summed E-state index contributed by atoms with van der Waals surface area (Å²) < 4.78 is 1.92. The average Bonchev–Trinajstić information content (AvgIpc) is 2.91. The molecule has 0 bridgehead atoms. The summed E-state index contributed by atoms with van der Waals surface area (Å²) >= 11 is 6.04. The van der Waals surface area contributed by atoms with Crippen LogP contribution in [0.4, 0.5) is 0 Å². The lowest BCUT2D eigenvalue weighted by atomic mass is 10.2. The van der Waals surface area contributed by atoms with E-state index in [1.54, 1.807) is 24.3 Å². The molecule has 0 saturated heterocycles. The number of carbonyl (C=O) groups excluding carboxylic acids is 1. The number of hydrogen-bond donors (Lipinski definition) is 1. The first-order chi connectivity index (χ1) is 11.2. The zero-order valence-corrected chi connectivity index (χ0v) is 13.0. The summed E-state index contributed by atoms with van der Waals surface area (Å²) in [4.78, 5) is 16.8. The van der Waals surface area contributed by atoms with E-state index in [0.717, 1.165) is 11.0 Å². The van der Waals surface area contributed by atoms with Crippen molar-refractivity contribution in [2.45, 2.75) is 13.1 Å². The molecule has 2 aromatic carbocycles. The normalized spacial score (nSPS) is 10.4. The molecule has 0 aliphatic carbocycles. The first kappa shape index (κ1) is 15.1. The number of halogens is 1. The minimum absolute atomic E-state index is 0.241. The predicted octanol–water partition coefficient (Wildman–Crippen LogP) is 3.25. The summed E-state index contributed by atoms with van der Waals surface area (Å²) in [6.45, 7) is 0.679. The van der Waals surface area contributed by atoms with Crippen LogP contribution in [-0.2, 0) is 13.1 Å². The molecule has 0 fully saturated rings. The number of rotatable bonds is 4. The summed E-state index contributed by atoms with van der Waals surface area (Å²) in [6.07, 6.45) is 5.44. The molecule has 0 aliphatic rings. The van der Waals surface area contributed by atoms with E-state index < -0.39 is 0 Å². The van der Waals surface area contributed by atoms with Crippen molar-refractivity contribution in [3.05, 3.63) is 64.9 Å². The molecule has 23 heavy (non-hydrogen) atoms. The van der Waals surface area contributed by atoms with E-state index in [1.165, 1.54) is 0 Å². The SMILES string of the molecule is C#CCn1c(CNC(=O)c2ccccc2Cl)nc2ccccc21. The summed E-state index contributed by atoms with van der Waals surface area (Å²) in [5.74, 6) is 3.09. The number of aromatic nitrogens is 2. The number of carbonyl (C=O) groups is 1. The minimum Gasteiger partial charge on any atom is -0.345 e. The van der Waals surface area contributed by atoms with Crippen LogP contribution in [0.25, 0.3) is 11.0 Å². The molecule has 1 aromatic heterocycles. The van der Waals surface area contributed by atoms with Gasteiger partial charge < -0.3 is 9.88 Å². The summed E-state index contributed by atoms with van der Waals surface area (Å²) in [6, 6.07) is 14.7. The summed E-state index contributed by atoms with van der Waals surface area (Å²) in [7, 11) is 0. The van der Waals surface area contributed by atoms with Crippen LogP contribution in [0.2, 0.25) is 5.02 Å². The zero-order valence-electron chi connectivity index (χ0n) is 12.3. The van der Waals surface area contributed by atoms with Gasteiger partial charge in [-0.3, -0.25) is 4.79 Å². The van der Waals surface area contributed by atoms with Crippen LogP contribution in [-0.4, -0.2) is 15.5 Å². The molecule has 0 aliphatic heterocycles. The van der Waals surface area contributed by atoms with Gasteiger partial charge in [0.15, 0.2) is 0 Å². The zero-order chi connectivity index (χ0) is 16.2. The van der Waals surface area contributed by atoms with Crippen LogP contribution < -0.4 is 5.32 Å². The van der Waals surface area contributed by atoms with Gasteiger partial charge in [0.1, 0.15) is 5.82 Å². The number of amides is 1. The minimum atomic E-state index is -0.241. The second kappa shape index (κ2) is 6.55. The molecule has 0 radical (unpaired) electrons. The Kier molecular flexibility index (Phi) is 4.31. The fraction of sp³-hybridized carbons (Fsp3) is 0.111. The van der Waals surface area contributed by atoms with Crippen LogP contribution in [0, 0.1) is 12.3 Å². The maximum atomic E-state index is 12.3. The van der Waals surface area contributed by atoms with Crippen LogP contribution in [0.3, 0.4) is 0 Å². The molecule has 114 valence electrons. The molecule has 4 nitrogen and oxygen atoms in total. The van der Waals surface area contributed by atoms with E-state index in [-0.39, 0.29) is 12.5 Å². The van der Waals surface area contributed by atoms with Crippen LogP contribution in [0.15, 0.2) is 48.5 Å². The Morgan fingerprint density at radius 3 is 2.74 bits per heavy atom. The Morgan fingerprint density at radius 2 is 1.96 bits per heavy atom. The number of para-hydroxylation sites is 2. The fourth-order valence-corrected chi connectivity index (χ4v) is 2.65. The Bertz CT molecular complexity index is 908. The van der Waals surface area contributed by atoms with Gasteiger partial charge in [0, 0.05) is 0 Å². The highest BCUT2D eigenvalue weighted by molar-refractivity contribution is 6.33. The number of nitrogens with zero attached hydrogens (tertiary/aromatic N) is 2. The van der Waals surface area contributed by atoms with E-state index in [0.29, 0.717) is 23.0 Å². The number of nitrogens with one attached hydrogen (secondary N) is 1. The van der Waals surface area contributed by atoms with Gasteiger partial charge in [-0.25, -0.2) is 4.98 Å². The standard InChI is InChI=1S/C18H14ClN3O/c1-2-11-22-16-10-6-5-9-15(16)21-17(22)12-20-18(23)13-7-3-4-8-14(13)19/h1,3-10H,11-12H2,(H,20,23). The molecule has 5 heteroatoms. The lowest BCUT2D eigenvalue weighted by Crippen LogP contribution is -2.25. The number of hydrogen-bond acceptors (Lipinski definition) is 2. The predicted molar refractivity (Wildman–Crippen MR) is 91.2 cm³/mol. The van der Waals surface area contributed by atoms with Crippen molar-refractivity contribution in [3.63, 3.8) is 0 Å². The first-order valence-corrected chi connectivity index (χ1v) is 7.49. The Hall–Kier alpha value is -2.77. The third kappa shape index (κ3) is 3.05. The monoisotopic (exact) mass is 323 g/mol. The van der Waals surface area contributed by atoms with E-state index in [9.17, 15) is 4.79 Å². The second-order valence-electron chi connectivity index (χ2n) is 4.97. The summed E-state index contributed by atoms with van der Waals surface area (Å²) in [5.41, 5.74) is 2.24. The number of benzene rings is 2. The van der Waals surface area contributed by atoms with E-state index in [1.807, 2.05) is 28.8 Å². The average molecular weight is 324 g/mol. The maximum absolute atomic E-state index is 12.3. The molecule has 1 N–H and O–H groups in total. The van der Waals surface area contributed by atoms with Crippen molar-refractivity contribution in [2.24, 2.45) is 0 Å². The molecule has 0 unspecified atom stereocenters. The van der Waals surface area contributed by atoms with Crippen molar-refractivity contribution in [1.82, 2.24) is 14.9 Å². The molecule has 0 saturated carbocycles. The van der Waals surface area contributed by atoms with Gasteiger partial charge in [0.25, 0.3) is 5.91 Å². The molecule has 3 aromatic rings. The van der Waals surface area contributed by atoms with Crippen molar-refractivity contribution in [3.8, 4) is 12.3 Å². The number of fused-ring (bicyclic) bond motifs is 1. The van der Waals surface area contributed by atoms with Gasteiger partial charge in [-0.15, -0.1) is 6.42 Å². The largest absolute Gasteiger partial charge is 0.345 e. The summed E-state index contributed by atoms with van der Waals surface area (Å²) in [5, 5.41) is 3.26. The first-order valence-electron chi connectivity index (χ1n) is 7.11. The molecule has 3 rings (SSSR count). The van der Waals surface area contributed by atoms with Crippen LogP contribution in [0.5, 0.6) is 0 Å².